The Morgan fingerprint density at radius 2 is 1.66 bits per heavy atom. The number of benzene rings is 2. The van der Waals surface area contributed by atoms with Gasteiger partial charge < -0.3 is 4.90 Å². The zero-order chi connectivity index (χ0) is 20.8. The zero-order valence-electron chi connectivity index (χ0n) is 17.3. The highest BCUT2D eigenvalue weighted by Gasteiger charge is 2.08. The third-order valence-corrected chi connectivity index (χ3v) is 6.82. The van der Waals surface area contributed by atoms with Crippen molar-refractivity contribution in [3.8, 4) is 10.4 Å². The van der Waals surface area contributed by atoms with Crippen molar-refractivity contribution in [2.45, 2.75) is 39.7 Å². The summed E-state index contributed by atoms with van der Waals surface area (Å²) in [6, 6.07) is 16.5. The van der Waals surface area contributed by atoms with Crippen LogP contribution in [0.4, 0.5) is 0 Å². The number of nitrogens with zero attached hydrogens (tertiary/aromatic N) is 2. The molecule has 0 bridgehead atoms. The number of hydrogen-bond acceptors (Lipinski definition) is 3. The van der Waals surface area contributed by atoms with Gasteiger partial charge in [-0.25, -0.2) is 0 Å². The number of fused-ring (bicyclic) bond motifs is 1. The highest BCUT2D eigenvalue weighted by molar-refractivity contribution is 7.21. The molecule has 0 aliphatic rings. The molecule has 154 valence electrons. The molecular formula is C24H28Cl2N2S. The van der Waals surface area contributed by atoms with E-state index < -0.39 is 0 Å². The minimum Gasteiger partial charge on any atom is -0.304 e. The Morgan fingerprint density at radius 3 is 2.34 bits per heavy atom. The standard InChI is InChI=1S/C24H28Cl2N2S/c1-4-28(5-2)14-6-7-17(3)27-22-16-24(18-8-10-19(25)11-9-18)29-23-13-12-20(26)15-21(22)23/h8-13,15-17H,4-7,14H2,1-3H3. The maximum atomic E-state index is 6.29. The summed E-state index contributed by atoms with van der Waals surface area (Å²) in [4.78, 5) is 8.73. The maximum Gasteiger partial charge on any atom is 0.0678 e. The lowest BCUT2D eigenvalue weighted by atomic mass is 10.1. The van der Waals surface area contributed by atoms with Crippen molar-refractivity contribution in [1.29, 1.82) is 0 Å². The maximum absolute atomic E-state index is 6.29. The van der Waals surface area contributed by atoms with Gasteiger partial charge in [-0.1, -0.05) is 49.2 Å². The number of rotatable bonds is 8. The van der Waals surface area contributed by atoms with Crippen LogP contribution in [0.1, 0.15) is 33.6 Å². The van der Waals surface area contributed by atoms with Crippen LogP contribution < -0.4 is 5.36 Å². The molecule has 0 saturated carbocycles. The normalized spacial score (nSPS) is 13.4. The van der Waals surface area contributed by atoms with Gasteiger partial charge in [0.2, 0.25) is 0 Å². The second-order valence-corrected chi connectivity index (χ2v) is 9.25. The number of hydrogen-bond donors (Lipinski definition) is 0. The van der Waals surface area contributed by atoms with Gasteiger partial charge in [0.1, 0.15) is 0 Å². The summed E-state index contributed by atoms with van der Waals surface area (Å²) in [5.41, 5.74) is 1.15. The van der Waals surface area contributed by atoms with Gasteiger partial charge in [0.15, 0.2) is 0 Å². The molecule has 2 aromatic carbocycles. The van der Waals surface area contributed by atoms with Gasteiger partial charge in [0.05, 0.1) is 5.36 Å². The van der Waals surface area contributed by atoms with E-state index in [1.807, 2.05) is 24.3 Å². The highest BCUT2D eigenvalue weighted by Crippen LogP contribution is 2.30. The van der Waals surface area contributed by atoms with Crippen LogP contribution in [0.3, 0.4) is 0 Å². The van der Waals surface area contributed by atoms with Gasteiger partial charge in [-0.15, -0.1) is 11.3 Å². The van der Waals surface area contributed by atoms with E-state index in [0.29, 0.717) is 0 Å². The zero-order valence-corrected chi connectivity index (χ0v) is 19.6. The van der Waals surface area contributed by atoms with E-state index in [-0.39, 0.29) is 6.04 Å². The fourth-order valence-corrected chi connectivity index (χ4v) is 4.83. The van der Waals surface area contributed by atoms with Crippen molar-refractivity contribution in [1.82, 2.24) is 4.90 Å². The van der Waals surface area contributed by atoms with E-state index in [1.165, 1.54) is 9.58 Å². The van der Waals surface area contributed by atoms with E-state index in [9.17, 15) is 0 Å². The lowest BCUT2D eigenvalue weighted by Gasteiger charge is -2.18. The minimum atomic E-state index is 0.262. The molecule has 0 aliphatic heterocycles. The second kappa shape index (κ2) is 10.6. The van der Waals surface area contributed by atoms with Crippen molar-refractivity contribution in [2.24, 2.45) is 4.99 Å². The van der Waals surface area contributed by atoms with Crippen LogP contribution in [0.15, 0.2) is 53.5 Å². The van der Waals surface area contributed by atoms with Crippen LogP contribution in [-0.2, 0) is 0 Å². The molecule has 0 amide bonds. The Labute approximate surface area is 187 Å². The Bertz CT molecular complexity index is 1010. The minimum absolute atomic E-state index is 0.262. The first-order valence-corrected chi connectivity index (χ1v) is 11.8. The van der Waals surface area contributed by atoms with Gasteiger partial charge in [0, 0.05) is 31.1 Å². The van der Waals surface area contributed by atoms with Gasteiger partial charge in [-0.05, 0) is 81.4 Å². The van der Waals surface area contributed by atoms with Gasteiger partial charge in [-0.3, -0.25) is 4.99 Å². The van der Waals surface area contributed by atoms with Crippen molar-refractivity contribution >= 4 is 44.6 Å². The van der Waals surface area contributed by atoms with Crippen molar-refractivity contribution in [2.75, 3.05) is 19.6 Å². The highest BCUT2D eigenvalue weighted by atomic mass is 35.5. The lowest BCUT2D eigenvalue weighted by molar-refractivity contribution is 0.294. The van der Waals surface area contributed by atoms with E-state index in [0.717, 1.165) is 58.8 Å². The van der Waals surface area contributed by atoms with Crippen LogP contribution >= 0.6 is 34.5 Å². The van der Waals surface area contributed by atoms with E-state index >= 15 is 0 Å². The molecule has 0 radical (unpaired) electrons. The fraction of sp³-hybridized carbons (Fsp3) is 0.375. The molecule has 0 aliphatic carbocycles. The third-order valence-electron chi connectivity index (χ3n) is 5.18. The largest absolute Gasteiger partial charge is 0.304 e. The first-order chi connectivity index (χ1) is 14.0. The molecule has 2 nitrogen and oxygen atoms in total. The van der Waals surface area contributed by atoms with E-state index in [2.05, 4.69) is 49.9 Å². The first kappa shape index (κ1) is 22.3. The van der Waals surface area contributed by atoms with Gasteiger partial charge in [-0.2, -0.15) is 0 Å². The molecule has 0 N–H and O–H groups in total. The molecule has 0 saturated heterocycles. The molecule has 3 rings (SSSR count). The SMILES string of the molecule is CCN(CC)CCCC(C)N=c1cc(-c2ccc(Cl)cc2)sc2ccc(Cl)cc12. The van der Waals surface area contributed by atoms with Crippen LogP contribution in [0.25, 0.3) is 20.5 Å². The summed E-state index contributed by atoms with van der Waals surface area (Å²) in [6.07, 6.45) is 2.23. The summed E-state index contributed by atoms with van der Waals surface area (Å²) in [6.45, 7) is 9.99. The van der Waals surface area contributed by atoms with Gasteiger partial charge in [0.25, 0.3) is 0 Å². The molecule has 1 heterocycles. The van der Waals surface area contributed by atoms with E-state index in [4.69, 9.17) is 28.2 Å². The predicted octanol–water partition coefficient (Wildman–Crippen LogP) is 7.29. The van der Waals surface area contributed by atoms with E-state index in [1.54, 1.807) is 11.3 Å². The fourth-order valence-electron chi connectivity index (χ4n) is 3.46. The quantitative estimate of drug-likeness (QED) is 0.354. The third kappa shape index (κ3) is 6.05. The molecule has 1 atom stereocenters. The Kier molecular flexibility index (Phi) is 8.14. The smallest absolute Gasteiger partial charge is 0.0678 e. The molecule has 0 spiro atoms. The van der Waals surface area contributed by atoms with Crippen LogP contribution in [0.5, 0.6) is 0 Å². The molecule has 3 aromatic rings. The average molecular weight is 447 g/mol. The Morgan fingerprint density at radius 1 is 0.966 bits per heavy atom. The van der Waals surface area contributed by atoms with Crippen LogP contribution in [-0.4, -0.2) is 30.6 Å². The topological polar surface area (TPSA) is 15.6 Å². The van der Waals surface area contributed by atoms with Crippen molar-refractivity contribution in [3.05, 3.63) is 63.9 Å². The van der Waals surface area contributed by atoms with Crippen LogP contribution in [0, 0.1) is 0 Å². The predicted molar refractivity (Wildman–Crippen MR) is 129 cm³/mol. The Hall–Kier alpha value is -1.39. The molecular weight excluding hydrogens is 419 g/mol. The Balaban J connectivity index is 1.94. The molecule has 29 heavy (non-hydrogen) atoms. The van der Waals surface area contributed by atoms with Crippen molar-refractivity contribution < 1.29 is 0 Å². The monoisotopic (exact) mass is 446 g/mol. The molecule has 1 aromatic heterocycles. The molecule has 5 heteroatoms. The number of halogens is 2. The summed E-state index contributed by atoms with van der Waals surface area (Å²) in [7, 11) is 0. The summed E-state index contributed by atoms with van der Waals surface area (Å²) >= 11 is 14.1. The van der Waals surface area contributed by atoms with Crippen molar-refractivity contribution in [3.63, 3.8) is 0 Å². The van der Waals surface area contributed by atoms with Gasteiger partial charge >= 0.3 is 0 Å². The average Bonchev–Trinajstić information content (AvgIpc) is 2.72. The van der Waals surface area contributed by atoms with Crippen LogP contribution in [0.2, 0.25) is 10.0 Å². The summed E-state index contributed by atoms with van der Waals surface area (Å²) < 4.78 is 1.19. The molecule has 0 fully saturated rings. The first-order valence-electron chi connectivity index (χ1n) is 10.3. The summed E-state index contributed by atoms with van der Waals surface area (Å²) in [5, 5.41) is 3.63. The molecule has 1 unspecified atom stereocenters. The summed E-state index contributed by atoms with van der Waals surface area (Å²) in [5.74, 6) is 0. The second-order valence-electron chi connectivity index (χ2n) is 7.29. The lowest BCUT2D eigenvalue weighted by Crippen LogP contribution is -2.24.